The molecule has 0 bridgehead atoms. The zero-order chi connectivity index (χ0) is 26.7. The highest BCUT2D eigenvalue weighted by molar-refractivity contribution is 5.93. The van der Waals surface area contributed by atoms with Gasteiger partial charge >= 0.3 is 0 Å². The Morgan fingerprint density at radius 2 is 1.71 bits per heavy atom. The van der Waals surface area contributed by atoms with Gasteiger partial charge in [-0.2, -0.15) is 0 Å². The van der Waals surface area contributed by atoms with Gasteiger partial charge in [-0.3, -0.25) is 14.6 Å². The predicted octanol–water partition coefficient (Wildman–Crippen LogP) is 2.31. The number of carbonyl (C=O) groups is 1. The molecule has 168 valence electrons. The number of β-amino-alcohol motifs (C(OH)–C–C–N with tert-alkyl or cyclic N) is 1. The number of piperazine rings is 1. The number of rotatable bonds is 9. The van der Waals surface area contributed by atoms with Crippen LogP contribution in [0.1, 0.15) is 18.0 Å². The summed E-state index contributed by atoms with van der Waals surface area (Å²) in [6.07, 6.45) is -2.63. The highest BCUT2D eigenvalue weighted by Gasteiger charge is 2.21. The summed E-state index contributed by atoms with van der Waals surface area (Å²) in [4.78, 5) is 15.4. The number of para-hydroxylation sites is 3. The van der Waals surface area contributed by atoms with Crippen LogP contribution in [0.4, 0.5) is 5.69 Å². The molecule has 0 saturated carbocycles. The number of hydrogen-bond acceptors (Lipinski definition) is 6. The number of nitrogens with one attached hydrogen (secondary N) is 1. The molecule has 2 aromatic carbocycles. The number of aliphatic hydroxyl groups is 1. The van der Waals surface area contributed by atoms with Gasteiger partial charge in [0.2, 0.25) is 5.91 Å². The average Bonchev–Trinajstić information content (AvgIpc) is 2.85. The van der Waals surface area contributed by atoms with E-state index in [9.17, 15) is 9.90 Å². The molecule has 31 heavy (non-hydrogen) atoms. The van der Waals surface area contributed by atoms with Gasteiger partial charge in [0.1, 0.15) is 12.7 Å². The second kappa shape index (κ2) is 11.1. The van der Waals surface area contributed by atoms with E-state index in [4.69, 9.17) is 16.3 Å². The number of anilines is 1. The summed E-state index contributed by atoms with van der Waals surface area (Å²) in [6, 6.07) is 12.2. The van der Waals surface area contributed by atoms with Crippen LogP contribution in [0.3, 0.4) is 0 Å². The fraction of sp³-hybridized carbons (Fsp3) is 0.458. The van der Waals surface area contributed by atoms with Crippen LogP contribution in [0.25, 0.3) is 0 Å². The molecule has 1 saturated heterocycles. The van der Waals surface area contributed by atoms with Crippen molar-refractivity contribution >= 4 is 11.6 Å². The van der Waals surface area contributed by atoms with Crippen molar-refractivity contribution in [3.63, 3.8) is 0 Å². The van der Waals surface area contributed by atoms with Crippen molar-refractivity contribution in [3.8, 4) is 11.5 Å². The third-order valence-corrected chi connectivity index (χ3v) is 4.98. The van der Waals surface area contributed by atoms with Crippen LogP contribution in [0.5, 0.6) is 11.5 Å². The number of carbonyl (C=O) groups excluding carboxylic acids is 1. The third-order valence-electron chi connectivity index (χ3n) is 4.98. The first kappa shape index (κ1) is 17.0. The number of amides is 1. The minimum Gasteiger partial charge on any atom is -0.493 e. The van der Waals surface area contributed by atoms with E-state index in [-0.39, 0.29) is 31.9 Å². The molecule has 7 nitrogen and oxygen atoms in total. The van der Waals surface area contributed by atoms with Gasteiger partial charge in [-0.1, -0.05) is 30.3 Å². The van der Waals surface area contributed by atoms with E-state index in [1.807, 2.05) is 32.0 Å². The maximum absolute atomic E-state index is 12.8. The zero-order valence-corrected chi connectivity index (χ0v) is 18.1. The summed E-state index contributed by atoms with van der Waals surface area (Å²) in [5.41, 5.74) is 2.21. The number of benzene rings is 2. The molecule has 7 heteroatoms. The fourth-order valence-electron chi connectivity index (χ4n) is 3.33. The lowest BCUT2D eigenvalue weighted by molar-refractivity contribution is -0.117. The van der Waals surface area contributed by atoms with E-state index < -0.39 is 31.6 Å². The molecule has 0 aliphatic carbocycles. The Labute approximate surface area is 191 Å². The number of ether oxygens (including phenoxy) is 2. The molecule has 2 aromatic rings. The van der Waals surface area contributed by atoms with Crippen molar-refractivity contribution in [2.45, 2.75) is 19.9 Å². The van der Waals surface area contributed by atoms with Crippen LogP contribution in [0.15, 0.2) is 42.5 Å². The third kappa shape index (κ3) is 6.69. The average molecular weight is 433 g/mol. The van der Waals surface area contributed by atoms with Gasteiger partial charge in [-0.15, -0.1) is 0 Å². The Morgan fingerprint density at radius 1 is 1.10 bits per heavy atom. The van der Waals surface area contributed by atoms with Crippen molar-refractivity contribution < 1.29 is 26.2 Å². The minimum absolute atomic E-state index is 0.000962. The SMILES string of the molecule is [2H]C([2H])(C(=O)Nc1c(C)cccc1C)N1CCN(C([2H])([2H])C([2H])(O)COc2ccccc2OC)CC1. The van der Waals surface area contributed by atoms with E-state index in [1.54, 1.807) is 24.3 Å². The normalized spacial score (nSPS) is 20.3. The van der Waals surface area contributed by atoms with Crippen molar-refractivity contribution in [1.82, 2.24) is 9.80 Å². The highest BCUT2D eigenvalue weighted by atomic mass is 16.5. The summed E-state index contributed by atoms with van der Waals surface area (Å²) in [5, 5.41) is 13.4. The first-order chi connectivity index (χ1) is 16.8. The van der Waals surface area contributed by atoms with Crippen LogP contribution in [-0.4, -0.2) is 79.8 Å². The Morgan fingerprint density at radius 3 is 2.35 bits per heavy atom. The number of hydrogen-bond donors (Lipinski definition) is 2. The zero-order valence-electron chi connectivity index (χ0n) is 23.1. The minimum atomic E-state index is -2.63. The molecule has 2 N–H and O–H groups in total. The van der Waals surface area contributed by atoms with Crippen LogP contribution in [0, 0.1) is 13.8 Å². The molecule has 1 aliphatic heterocycles. The number of nitrogens with zero attached hydrogens (tertiary/aromatic N) is 2. The van der Waals surface area contributed by atoms with Gasteiger partial charge in [0.25, 0.3) is 0 Å². The molecule has 1 heterocycles. The Balaban J connectivity index is 1.63. The lowest BCUT2D eigenvalue weighted by atomic mass is 10.1. The lowest BCUT2D eigenvalue weighted by Crippen LogP contribution is -2.50. The maximum atomic E-state index is 12.8. The summed E-state index contributed by atoms with van der Waals surface area (Å²) < 4.78 is 52.7. The first-order valence-corrected chi connectivity index (χ1v) is 10.2. The van der Waals surface area contributed by atoms with Gasteiger partial charge in [0.15, 0.2) is 11.5 Å². The Kier molecular flexibility index (Phi) is 6.11. The number of aryl methyl sites for hydroxylation is 2. The summed E-state index contributed by atoms with van der Waals surface area (Å²) in [6.45, 7) is -1.78. The quantitative estimate of drug-likeness (QED) is 0.634. The van der Waals surface area contributed by atoms with Crippen molar-refractivity contribution in [1.29, 1.82) is 0 Å². The van der Waals surface area contributed by atoms with Gasteiger partial charge < -0.3 is 19.9 Å². The molecule has 1 fully saturated rings. The van der Waals surface area contributed by atoms with Crippen LogP contribution >= 0.6 is 0 Å². The van der Waals surface area contributed by atoms with Gasteiger partial charge in [-0.05, 0) is 37.1 Å². The molecule has 0 spiro atoms. The van der Waals surface area contributed by atoms with Crippen LogP contribution < -0.4 is 14.8 Å². The molecule has 1 unspecified atom stereocenters. The highest BCUT2D eigenvalue weighted by Crippen LogP contribution is 2.25. The van der Waals surface area contributed by atoms with E-state index in [2.05, 4.69) is 5.32 Å². The van der Waals surface area contributed by atoms with Crippen molar-refractivity contribution in [2.75, 3.05) is 58.2 Å². The standard InChI is InChI=1S/C24H33N3O4/c1-18-7-6-8-19(2)24(18)25-23(29)16-27-13-11-26(12-14-27)15-20(28)17-31-22-10-5-4-9-21(22)30-3/h4-10,20,28H,11-17H2,1-3H3,(H,25,29)/i15D2,16D2,20D. The molecule has 0 radical (unpaired) electrons. The summed E-state index contributed by atoms with van der Waals surface area (Å²) in [7, 11) is 1.45. The summed E-state index contributed by atoms with van der Waals surface area (Å²) in [5.74, 6) is -0.142. The fourth-order valence-corrected chi connectivity index (χ4v) is 3.33. The van der Waals surface area contributed by atoms with Gasteiger partial charge in [0.05, 0.1) is 17.7 Å². The predicted molar refractivity (Wildman–Crippen MR) is 122 cm³/mol. The molecule has 1 aliphatic rings. The summed E-state index contributed by atoms with van der Waals surface area (Å²) >= 11 is 0. The molecule has 1 amide bonds. The van der Waals surface area contributed by atoms with E-state index >= 15 is 0 Å². The van der Waals surface area contributed by atoms with Crippen molar-refractivity contribution in [3.05, 3.63) is 53.6 Å². The monoisotopic (exact) mass is 432 g/mol. The second-order valence-corrected chi connectivity index (χ2v) is 7.30. The van der Waals surface area contributed by atoms with E-state index in [0.717, 1.165) is 11.1 Å². The van der Waals surface area contributed by atoms with Crippen LogP contribution in [-0.2, 0) is 4.79 Å². The van der Waals surface area contributed by atoms with Crippen molar-refractivity contribution in [2.24, 2.45) is 0 Å². The van der Waals surface area contributed by atoms with Gasteiger partial charge in [-0.25, -0.2) is 0 Å². The van der Waals surface area contributed by atoms with Gasteiger partial charge in [0, 0.05) is 41.1 Å². The van der Waals surface area contributed by atoms with Crippen LogP contribution in [0.2, 0.25) is 0 Å². The lowest BCUT2D eigenvalue weighted by Gasteiger charge is -2.35. The smallest absolute Gasteiger partial charge is 0.238 e. The topological polar surface area (TPSA) is 74.3 Å². The molecular weight excluding hydrogens is 394 g/mol. The Bertz CT molecular complexity index is 1060. The first-order valence-electron chi connectivity index (χ1n) is 12.7. The van der Waals surface area contributed by atoms with E-state index in [0.29, 0.717) is 11.4 Å². The molecule has 0 aromatic heterocycles. The molecule has 1 atom stereocenters. The molecule has 3 rings (SSSR count). The largest absolute Gasteiger partial charge is 0.493 e. The number of methoxy groups -OCH3 is 1. The Hall–Kier alpha value is -2.61. The maximum Gasteiger partial charge on any atom is 0.238 e. The second-order valence-electron chi connectivity index (χ2n) is 7.30. The molecular formula is C24H33N3O4. The van der Waals surface area contributed by atoms with E-state index in [1.165, 1.54) is 16.9 Å².